The fraction of sp³-hybridized carbons (Fsp3) is 0.346. The SMILES string of the molecule is O=C(Cc1ccc(Br)cc1)Nc1nc2c(nc1CC1CCCC1)-c1ccccc1CC2.O=C(Cc1ccc(Cl)cc1)Nc1nc2c(nc1CC1CCCC1)-c1ccccc1CC2.O=C(Cc1ccc(F)cc1)Nc1nc2c(nc1CC1CCCC1)-c1ccccc1CC2.O=C(Cc1ccc(O)cc1)Nc1nc2c(nc1CC1CCCC1)-c1ccccc1CC2. The zero-order valence-electron chi connectivity index (χ0n) is 70.2. The van der Waals surface area contributed by atoms with Gasteiger partial charge in [-0.25, -0.2) is 44.3 Å². The van der Waals surface area contributed by atoms with E-state index in [-0.39, 0.29) is 48.0 Å². The first-order valence-corrected chi connectivity index (χ1v) is 45.9. The molecular formula is C104H105BrClFN12O5. The Morgan fingerprint density at radius 1 is 0.323 bits per heavy atom. The van der Waals surface area contributed by atoms with E-state index in [4.69, 9.17) is 51.5 Å². The highest BCUT2D eigenvalue weighted by Crippen LogP contribution is 2.42. The molecule has 4 fully saturated rings. The lowest BCUT2D eigenvalue weighted by atomic mass is 9.91. The number of rotatable bonds is 20. The van der Waals surface area contributed by atoms with Gasteiger partial charge in [-0.2, -0.15) is 0 Å². The number of carbonyl (C=O) groups excluding carboxylic acids is 4. The molecule has 8 aromatic carbocycles. The molecule has 20 heteroatoms. The van der Waals surface area contributed by atoms with Crippen molar-refractivity contribution >= 4 is 74.4 Å². The van der Waals surface area contributed by atoms with Crippen molar-refractivity contribution in [3.05, 3.63) is 299 Å². The van der Waals surface area contributed by atoms with Crippen molar-refractivity contribution in [2.75, 3.05) is 21.3 Å². The minimum atomic E-state index is -0.302. The Morgan fingerprint density at radius 2 is 0.565 bits per heavy atom. The second kappa shape index (κ2) is 40.0. The number of phenolic OH excluding ortho intramolecular Hbond substituents is 1. The number of aromatic nitrogens is 8. The third kappa shape index (κ3) is 21.4. The molecule has 0 bridgehead atoms. The number of anilines is 4. The molecule has 12 aromatic rings. The van der Waals surface area contributed by atoms with Crippen LogP contribution in [0, 0.1) is 29.5 Å². The fourth-order valence-corrected chi connectivity index (χ4v) is 19.6. The second-order valence-corrected chi connectivity index (χ2v) is 36.1. The van der Waals surface area contributed by atoms with E-state index in [1.165, 1.54) is 154 Å². The Hall–Kier alpha value is -11.5. The molecule has 5 N–H and O–H groups in total. The zero-order valence-corrected chi connectivity index (χ0v) is 72.5. The lowest BCUT2D eigenvalue weighted by molar-refractivity contribution is -0.116. The Bertz CT molecular complexity index is 5130. The molecule has 8 aliphatic carbocycles. The number of hydrogen-bond acceptors (Lipinski definition) is 13. The number of nitrogens with one attached hydrogen (secondary N) is 4. The molecule has 4 amide bonds. The molecule has 632 valence electrons. The molecule has 0 aliphatic heterocycles. The van der Waals surface area contributed by atoms with Gasteiger partial charge in [0.1, 0.15) is 11.6 Å². The molecule has 124 heavy (non-hydrogen) atoms. The van der Waals surface area contributed by atoms with Gasteiger partial charge in [0.2, 0.25) is 23.6 Å². The Labute approximate surface area is 738 Å². The third-order valence-electron chi connectivity index (χ3n) is 25.8. The Morgan fingerprint density at radius 3 is 0.839 bits per heavy atom. The van der Waals surface area contributed by atoms with Crippen molar-refractivity contribution in [1.29, 1.82) is 0 Å². The molecule has 0 atom stereocenters. The molecule has 4 aromatic heterocycles. The summed E-state index contributed by atoms with van der Waals surface area (Å²) in [6.07, 6.45) is 31.7. The van der Waals surface area contributed by atoms with Gasteiger partial charge in [0.05, 0.1) is 94.0 Å². The number of hydrogen-bond donors (Lipinski definition) is 5. The Balaban J connectivity index is 0.000000117. The number of aromatic hydroxyl groups is 1. The average Bonchev–Trinajstić information content (AvgIpc) is 1.60. The number of phenols is 1. The molecule has 8 aliphatic rings. The topological polar surface area (TPSA) is 240 Å². The van der Waals surface area contributed by atoms with E-state index in [1.54, 1.807) is 36.4 Å². The summed E-state index contributed by atoms with van der Waals surface area (Å²) in [4.78, 5) is 91.2. The monoisotopic (exact) mass is 1730 g/mol. The summed E-state index contributed by atoms with van der Waals surface area (Å²) in [5, 5.41) is 22.4. The van der Waals surface area contributed by atoms with Gasteiger partial charge < -0.3 is 26.4 Å². The van der Waals surface area contributed by atoms with Crippen molar-refractivity contribution in [2.24, 2.45) is 23.7 Å². The standard InChI is InChI=1S/C26H26BrN3O.C26H26ClN3O.C26H26FN3O.C26H27N3O2/c3*27-20-12-9-18(10-13-20)16-24(31)30-26-23(15-17-5-1-2-6-17)28-25-21-8-4-3-7-19(21)11-14-22(25)29-26;30-20-12-9-18(10-13-20)16-24(31)29-26-23(15-17-5-1-2-6-17)27-25-21-8-4-3-7-19(21)11-14-22(25)28-26/h3*3-4,7-10,12-13,17H,1-2,5-6,11,14-16H2,(H,29,30,31);3-4,7-10,12-13,17,30H,1-2,5-6,11,14-16H2,(H,28,29,31). The van der Waals surface area contributed by atoms with E-state index in [0.29, 0.717) is 64.8 Å². The highest BCUT2D eigenvalue weighted by molar-refractivity contribution is 9.10. The molecule has 20 rings (SSSR count). The summed E-state index contributed by atoms with van der Waals surface area (Å²) in [6, 6.07) is 61.8. The number of benzene rings is 8. The van der Waals surface area contributed by atoms with Crippen LogP contribution in [0.25, 0.3) is 45.0 Å². The van der Waals surface area contributed by atoms with Gasteiger partial charge in [-0.3, -0.25) is 19.2 Å². The van der Waals surface area contributed by atoms with Crippen LogP contribution >= 0.6 is 27.5 Å². The minimum absolute atomic E-state index is 0.0412. The van der Waals surface area contributed by atoms with Gasteiger partial charge in [0.15, 0.2) is 23.3 Å². The van der Waals surface area contributed by atoms with E-state index in [1.807, 2.05) is 54.6 Å². The van der Waals surface area contributed by atoms with Crippen LogP contribution < -0.4 is 21.3 Å². The minimum Gasteiger partial charge on any atom is -0.508 e. The van der Waals surface area contributed by atoms with Crippen LogP contribution in [-0.4, -0.2) is 68.6 Å². The first-order valence-electron chi connectivity index (χ1n) is 44.7. The summed E-state index contributed by atoms with van der Waals surface area (Å²) in [5.74, 6) is 4.51. The van der Waals surface area contributed by atoms with Crippen molar-refractivity contribution in [3.8, 4) is 50.8 Å². The summed E-state index contributed by atoms with van der Waals surface area (Å²) in [6.45, 7) is 0. The quantitative estimate of drug-likeness (QED) is 0.0478. The van der Waals surface area contributed by atoms with Crippen LogP contribution in [-0.2, 0) is 122 Å². The molecule has 17 nitrogen and oxygen atoms in total. The van der Waals surface area contributed by atoms with Crippen molar-refractivity contribution in [3.63, 3.8) is 0 Å². The van der Waals surface area contributed by atoms with Gasteiger partial charge in [0, 0.05) is 31.7 Å². The molecule has 0 saturated heterocycles. The zero-order chi connectivity index (χ0) is 84.8. The van der Waals surface area contributed by atoms with Crippen molar-refractivity contribution in [1.82, 2.24) is 39.9 Å². The predicted molar refractivity (Wildman–Crippen MR) is 492 cm³/mol. The lowest BCUT2D eigenvalue weighted by Gasteiger charge is -2.21. The van der Waals surface area contributed by atoms with Gasteiger partial charge in [-0.1, -0.05) is 276 Å². The second-order valence-electron chi connectivity index (χ2n) is 34.7. The molecule has 4 saturated carbocycles. The molecular weight excluding hydrogens is 1630 g/mol. The highest BCUT2D eigenvalue weighted by atomic mass is 79.9. The summed E-state index contributed by atoms with van der Waals surface area (Å²) >= 11 is 9.41. The average molecular weight is 1740 g/mol. The maximum Gasteiger partial charge on any atom is 0.229 e. The van der Waals surface area contributed by atoms with Crippen LogP contribution in [0.2, 0.25) is 5.02 Å². The number of halogens is 3. The van der Waals surface area contributed by atoms with Crippen LogP contribution in [0.4, 0.5) is 27.7 Å². The van der Waals surface area contributed by atoms with E-state index in [2.05, 4.69) is 128 Å². The van der Waals surface area contributed by atoms with Gasteiger partial charge >= 0.3 is 0 Å². The van der Waals surface area contributed by atoms with Crippen LogP contribution in [0.5, 0.6) is 5.75 Å². The fourth-order valence-electron chi connectivity index (χ4n) is 19.3. The van der Waals surface area contributed by atoms with E-state index >= 15 is 0 Å². The van der Waals surface area contributed by atoms with Crippen molar-refractivity contribution in [2.45, 2.75) is 205 Å². The van der Waals surface area contributed by atoms with Crippen LogP contribution in [0.3, 0.4) is 0 Å². The number of aryl methyl sites for hydroxylation is 8. The number of fused-ring (bicyclic) bond motifs is 12. The molecule has 0 unspecified atom stereocenters. The van der Waals surface area contributed by atoms with Crippen LogP contribution in [0.1, 0.15) is 193 Å². The number of carbonyl (C=O) groups is 4. The highest BCUT2D eigenvalue weighted by Gasteiger charge is 2.32. The maximum atomic E-state index is 13.2. The molecule has 0 spiro atoms. The first-order chi connectivity index (χ1) is 60.6. The first kappa shape index (κ1) is 84.7. The lowest BCUT2D eigenvalue weighted by Crippen LogP contribution is -2.20. The molecule has 0 radical (unpaired) electrons. The van der Waals surface area contributed by atoms with Gasteiger partial charge in [-0.05, 0) is 194 Å². The smallest absolute Gasteiger partial charge is 0.229 e. The third-order valence-corrected chi connectivity index (χ3v) is 26.5. The predicted octanol–water partition coefficient (Wildman–Crippen LogP) is 21.9. The van der Waals surface area contributed by atoms with E-state index < -0.39 is 0 Å². The summed E-state index contributed by atoms with van der Waals surface area (Å²) < 4.78 is 14.2. The number of amides is 4. The normalized spacial score (nSPS) is 15.4. The summed E-state index contributed by atoms with van der Waals surface area (Å²) in [7, 11) is 0. The summed E-state index contributed by atoms with van der Waals surface area (Å²) in [5.41, 5.74) is 25.0. The van der Waals surface area contributed by atoms with E-state index in [9.17, 15) is 28.7 Å². The molecule has 4 heterocycles. The maximum absolute atomic E-state index is 13.2. The van der Waals surface area contributed by atoms with Crippen molar-refractivity contribution < 1.29 is 28.7 Å². The van der Waals surface area contributed by atoms with Crippen LogP contribution in [0.15, 0.2) is 199 Å². The number of nitrogens with zero attached hydrogens (tertiary/aromatic N) is 8. The largest absolute Gasteiger partial charge is 0.508 e. The van der Waals surface area contributed by atoms with Gasteiger partial charge in [-0.15, -0.1) is 0 Å². The van der Waals surface area contributed by atoms with E-state index in [0.717, 1.165) is 178 Å². The van der Waals surface area contributed by atoms with Gasteiger partial charge in [0.25, 0.3) is 0 Å². The Kier molecular flexibility index (Phi) is 27.3.